The van der Waals surface area contributed by atoms with E-state index in [0.29, 0.717) is 18.0 Å². The summed E-state index contributed by atoms with van der Waals surface area (Å²) in [4.78, 5) is 12.0. The highest BCUT2D eigenvalue weighted by atomic mass is 19.1. The van der Waals surface area contributed by atoms with Gasteiger partial charge in [-0.05, 0) is 48.9 Å². The molecular formula is C16H17FN2O2. The van der Waals surface area contributed by atoms with Gasteiger partial charge in [0.1, 0.15) is 11.6 Å². The molecule has 0 aromatic heterocycles. The molecule has 0 radical (unpaired) electrons. The van der Waals surface area contributed by atoms with Gasteiger partial charge < -0.3 is 15.8 Å². The van der Waals surface area contributed by atoms with Crippen LogP contribution in [0, 0.1) is 5.82 Å². The maximum Gasteiger partial charge on any atom is 0.265 e. The van der Waals surface area contributed by atoms with Crippen molar-refractivity contribution in [3.05, 3.63) is 59.9 Å². The van der Waals surface area contributed by atoms with Crippen LogP contribution in [-0.4, -0.2) is 12.0 Å². The van der Waals surface area contributed by atoms with Gasteiger partial charge in [-0.25, -0.2) is 4.39 Å². The van der Waals surface area contributed by atoms with E-state index < -0.39 is 6.10 Å². The summed E-state index contributed by atoms with van der Waals surface area (Å²) in [7, 11) is 0. The first-order chi connectivity index (χ1) is 10.1. The van der Waals surface area contributed by atoms with Gasteiger partial charge in [-0.15, -0.1) is 0 Å². The van der Waals surface area contributed by atoms with Crippen molar-refractivity contribution in [2.75, 3.05) is 5.32 Å². The molecule has 110 valence electrons. The number of hydrogen-bond acceptors (Lipinski definition) is 3. The molecule has 1 unspecified atom stereocenters. The Morgan fingerprint density at radius 2 is 1.81 bits per heavy atom. The Bertz CT molecular complexity index is 597. The molecule has 0 aliphatic heterocycles. The van der Waals surface area contributed by atoms with Crippen molar-refractivity contribution in [2.45, 2.75) is 19.6 Å². The molecule has 0 fully saturated rings. The monoisotopic (exact) mass is 288 g/mol. The fourth-order valence-electron chi connectivity index (χ4n) is 1.74. The van der Waals surface area contributed by atoms with Crippen molar-refractivity contribution in [1.82, 2.24) is 0 Å². The first kappa shape index (κ1) is 15.0. The van der Waals surface area contributed by atoms with Crippen LogP contribution in [0.2, 0.25) is 0 Å². The number of amides is 1. The SMILES string of the molecule is CC(Oc1ccc(F)cc1)C(=O)Nc1ccc(CN)cc1. The molecule has 4 nitrogen and oxygen atoms in total. The fourth-order valence-corrected chi connectivity index (χ4v) is 1.74. The quantitative estimate of drug-likeness (QED) is 0.889. The standard InChI is InChI=1S/C16H17FN2O2/c1-11(21-15-8-4-13(17)5-9-15)16(20)19-14-6-2-12(10-18)3-7-14/h2-9,11H,10,18H2,1H3,(H,19,20). The van der Waals surface area contributed by atoms with Crippen LogP contribution in [0.5, 0.6) is 5.75 Å². The predicted octanol–water partition coefficient (Wildman–Crippen LogP) is 2.69. The largest absolute Gasteiger partial charge is 0.481 e. The summed E-state index contributed by atoms with van der Waals surface area (Å²) in [5, 5.41) is 2.75. The van der Waals surface area contributed by atoms with E-state index >= 15 is 0 Å². The summed E-state index contributed by atoms with van der Waals surface area (Å²) in [5.41, 5.74) is 7.17. The normalized spacial score (nSPS) is 11.8. The molecule has 0 saturated heterocycles. The first-order valence-electron chi connectivity index (χ1n) is 6.60. The first-order valence-corrected chi connectivity index (χ1v) is 6.60. The van der Waals surface area contributed by atoms with Crippen molar-refractivity contribution >= 4 is 11.6 Å². The molecule has 1 atom stereocenters. The molecule has 0 aliphatic carbocycles. The Hall–Kier alpha value is -2.40. The van der Waals surface area contributed by atoms with Gasteiger partial charge in [0.25, 0.3) is 5.91 Å². The number of hydrogen-bond donors (Lipinski definition) is 2. The van der Waals surface area contributed by atoms with Gasteiger partial charge >= 0.3 is 0 Å². The number of carbonyl (C=O) groups excluding carboxylic acids is 1. The van der Waals surface area contributed by atoms with E-state index in [-0.39, 0.29) is 11.7 Å². The molecule has 0 saturated carbocycles. The molecule has 5 heteroatoms. The van der Waals surface area contributed by atoms with Gasteiger partial charge in [0, 0.05) is 12.2 Å². The smallest absolute Gasteiger partial charge is 0.265 e. The van der Waals surface area contributed by atoms with Crippen molar-refractivity contribution in [1.29, 1.82) is 0 Å². The summed E-state index contributed by atoms with van der Waals surface area (Å²) >= 11 is 0. The third kappa shape index (κ3) is 4.29. The molecule has 21 heavy (non-hydrogen) atoms. The van der Waals surface area contributed by atoms with E-state index in [1.807, 2.05) is 12.1 Å². The minimum absolute atomic E-state index is 0.278. The molecule has 0 spiro atoms. The van der Waals surface area contributed by atoms with Crippen molar-refractivity contribution in [2.24, 2.45) is 5.73 Å². The number of ether oxygens (including phenoxy) is 1. The highest BCUT2D eigenvalue weighted by Crippen LogP contribution is 2.14. The third-order valence-electron chi connectivity index (χ3n) is 2.95. The second-order valence-electron chi connectivity index (χ2n) is 4.60. The summed E-state index contributed by atoms with van der Waals surface area (Å²) < 4.78 is 18.2. The Morgan fingerprint density at radius 1 is 1.19 bits per heavy atom. The molecule has 2 aromatic rings. The number of nitrogens with one attached hydrogen (secondary N) is 1. The molecule has 0 bridgehead atoms. The number of halogens is 1. The maximum absolute atomic E-state index is 12.8. The lowest BCUT2D eigenvalue weighted by Gasteiger charge is -2.14. The van der Waals surface area contributed by atoms with Gasteiger partial charge in [0.15, 0.2) is 6.10 Å². The zero-order chi connectivity index (χ0) is 15.2. The highest BCUT2D eigenvalue weighted by Gasteiger charge is 2.14. The van der Waals surface area contributed by atoms with Gasteiger partial charge in [-0.2, -0.15) is 0 Å². The fraction of sp³-hybridized carbons (Fsp3) is 0.188. The zero-order valence-corrected chi connectivity index (χ0v) is 11.7. The lowest BCUT2D eigenvalue weighted by atomic mass is 10.2. The van der Waals surface area contributed by atoms with Crippen LogP contribution in [0.1, 0.15) is 12.5 Å². The number of rotatable bonds is 5. The Morgan fingerprint density at radius 3 is 2.38 bits per heavy atom. The predicted molar refractivity (Wildman–Crippen MR) is 79.5 cm³/mol. The van der Waals surface area contributed by atoms with E-state index in [1.54, 1.807) is 19.1 Å². The number of carbonyl (C=O) groups is 1. The van der Waals surface area contributed by atoms with E-state index in [4.69, 9.17) is 10.5 Å². The summed E-state index contributed by atoms with van der Waals surface area (Å²) in [5.74, 6) is -0.184. The number of benzene rings is 2. The van der Waals surface area contributed by atoms with Crippen LogP contribution in [-0.2, 0) is 11.3 Å². The summed E-state index contributed by atoms with van der Waals surface area (Å²) in [6, 6.07) is 12.8. The average molecular weight is 288 g/mol. The molecule has 1 amide bonds. The van der Waals surface area contributed by atoms with Gasteiger partial charge in [-0.1, -0.05) is 12.1 Å². The lowest BCUT2D eigenvalue weighted by Crippen LogP contribution is -2.30. The highest BCUT2D eigenvalue weighted by molar-refractivity contribution is 5.94. The van der Waals surface area contributed by atoms with E-state index in [9.17, 15) is 9.18 Å². The maximum atomic E-state index is 12.8. The number of nitrogens with two attached hydrogens (primary N) is 1. The van der Waals surface area contributed by atoms with E-state index in [2.05, 4.69) is 5.32 Å². The lowest BCUT2D eigenvalue weighted by molar-refractivity contribution is -0.122. The van der Waals surface area contributed by atoms with Gasteiger partial charge in [0.05, 0.1) is 0 Å². The van der Waals surface area contributed by atoms with Crippen LogP contribution < -0.4 is 15.8 Å². The van der Waals surface area contributed by atoms with Crippen molar-refractivity contribution in [3.63, 3.8) is 0 Å². The summed E-state index contributed by atoms with van der Waals surface area (Å²) in [6.45, 7) is 2.09. The number of anilines is 1. The van der Waals surface area contributed by atoms with Crippen molar-refractivity contribution < 1.29 is 13.9 Å². The Labute approximate surface area is 122 Å². The third-order valence-corrected chi connectivity index (χ3v) is 2.95. The van der Waals surface area contributed by atoms with Gasteiger partial charge in [0.2, 0.25) is 0 Å². The molecule has 0 heterocycles. The van der Waals surface area contributed by atoms with Crippen LogP contribution in [0.15, 0.2) is 48.5 Å². The average Bonchev–Trinajstić information content (AvgIpc) is 2.50. The van der Waals surface area contributed by atoms with E-state index in [1.165, 1.54) is 24.3 Å². The Balaban J connectivity index is 1.93. The second kappa shape index (κ2) is 6.85. The van der Waals surface area contributed by atoms with Crippen LogP contribution in [0.3, 0.4) is 0 Å². The molecule has 0 aliphatic rings. The molecule has 2 aromatic carbocycles. The topological polar surface area (TPSA) is 64.3 Å². The van der Waals surface area contributed by atoms with Crippen LogP contribution in [0.25, 0.3) is 0 Å². The van der Waals surface area contributed by atoms with Crippen molar-refractivity contribution in [3.8, 4) is 5.75 Å². The molecular weight excluding hydrogens is 271 g/mol. The minimum atomic E-state index is -0.690. The molecule has 2 rings (SSSR count). The van der Waals surface area contributed by atoms with Gasteiger partial charge in [-0.3, -0.25) is 4.79 Å². The Kier molecular flexibility index (Phi) is 4.90. The summed E-state index contributed by atoms with van der Waals surface area (Å²) in [6.07, 6.45) is -0.690. The molecule has 3 N–H and O–H groups in total. The minimum Gasteiger partial charge on any atom is -0.481 e. The van der Waals surface area contributed by atoms with Crippen LogP contribution >= 0.6 is 0 Å². The van der Waals surface area contributed by atoms with E-state index in [0.717, 1.165) is 5.56 Å². The zero-order valence-electron chi connectivity index (χ0n) is 11.7. The van der Waals surface area contributed by atoms with Crippen LogP contribution in [0.4, 0.5) is 10.1 Å². The second-order valence-corrected chi connectivity index (χ2v) is 4.60.